The number of likely N-dealkylation sites (N-methyl/N-ethyl adjacent to an activating group) is 1. The Kier molecular flexibility index (Phi) is 5.52. The third-order valence-electron chi connectivity index (χ3n) is 2.99. The van der Waals surface area contributed by atoms with Crippen LogP contribution in [-0.4, -0.2) is 42.1 Å². The minimum Gasteiger partial charge on any atom is -0.360 e. The summed E-state index contributed by atoms with van der Waals surface area (Å²) in [5.41, 5.74) is 0. The van der Waals surface area contributed by atoms with Crippen molar-refractivity contribution in [2.75, 3.05) is 20.1 Å². The fourth-order valence-electron chi connectivity index (χ4n) is 1.77. The molecule has 0 heterocycles. The first-order chi connectivity index (χ1) is 7.63. The molecule has 0 spiro atoms. The SMILES string of the molecule is CCN(C)C(=O)CNC(=S)NC1CCCC1. The van der Waals surface area contributed by atoms with Crippen molar-refractivity contribution < 1.29 is 4.79 Å². The molecule has 2 N–H and O–H groups in total. The van der Waals surface area contributed by atoms with Gasteiger partial charge in [-0.15, -0.1) is 0 Å². The van der Waals surface area contributed by atoms with E-state index in [1.54, 1.807) is 11.9 Å². The Labute approximate surface area is 103 Å². The molecule has 0 atom stereocenters. The van der Waals surface area contributed by atoms with Crippen LogP contribution >= 0.6 is 12.2 Å². The summed E-state index contributed by atoms with van der Waals surface area (Å²) in [5, 5.41) is 6.80. The lowest BCUT2D eigenvalue weighted by molar-refractivity contribution is -0.128. The number of hydrogen-bond acceptors (Lipinski definition) is 2. The summed E-state index contributed by atoms with van der Waals surface area (Å²) in [7, 11) is 1.79. The monoisotopic (exact) mass is 243 g/mol. The van der Waals surface area contributed by atoms with E-state index in [9.17, 15) is 4.79 Å². The van der Waals surface area contributed by atoms with Gasteiger partial charge in [0.25, 0.3) is 0 Å². The van der Waals surface area contributed by atoms with Gasteiger partial charge in [0.05, 0.1) is 6.54 Å². The Bertz CT molecular complexity index is 252. The van der Waals surface area contributed by atoms with Gasteiger partial charge in [0.2, 0.25) is 5.91 Å². The van der Waals surface area contributed by atoms with Crippen LogP contribution in [0.1, 0.15) is 32.6 Å². The van der Waals surface area contributed by atoms with Gasteiger partial charge in [0, 0.05) is 19.6 Å². The first kappa shape index (κ1) is 13.2. The highest BCUT2D eigenvalue weighted by Crippen LogP contribution is 2.17. The molecule has 0 bridgehead atoms. The Morgan fingerprint density at radius 2 is 2.06 bits per heavy atom. The Balaban J connectivity index is 2.16. The molecule has 0 aromatic heterocycles. The van der Waals surface area contributed by atoms with E-state index in [-0.39, 0.29) is 12.5 Å². The molecule has 0 unspecified atom stereocenters. The standard InChI is InChI=1S/C11H21N3OS/c1-3-14(2)10(15)8-12-11(16)13-9-6-4-5-7-9/h9H,3-8H2,1-2H3,(H2,12,13,16). The summed E-state index contributed by atoms with van der Waals surface area (Å²) in [6.07, 6.45) is 4.92. The van der Waals surface area contributed by atoms with E-state index in [0.29, 0.717) is 11.2 Å². The second kappa shape index (κ2) is 6.68. The van der Waals surface area contributed by atoms with E-state index in [4.69, 9.17) is 12.2 Å². The van der Waals surface area contributed by atoms with Gasteiger partial charge in [-0.05, 0) is 32.0 Å². The molecule has 0 aliphatic heterocycles. The topological polar surface area (TPSA) is 44.4 Å². The Hall–Kier alpha value is -0.840. The quantitative estimate of drug-likeness (QED) is 0.719. The highest BCUT2D eigenvalue weighted by molar-refractivity contribution is 7.80. The molecule has 1 amide bonds. The molecule has 4 nitrogen and oxygen atoms in total. The Morgan fingerprint density at radius 1 is 1.44 bits per heavy atom. The largest absolute Gasteiger partial charge is 0.360 e. The third-order valence-corrected chi connectivity index (χ3v) is 3.25. The lowest BCUT2D eigenvalue weighted by atomic mass is 10.3. The maximum atomic E-state index is 11.5. The average molecular weight is 243 g/mol. The summed E-state index contributed by atoms with van der Waals surface area (Å²) < 4.78 is 0. The lowest BCUT2D eigenvalue weighted by Gasteiger charge is -2.18. The molecule has 16 heavy (non-hydrogen) atoms. The molecular weight excluding hydrogens is 222 g/mol. The van der Waals surface area contributed by atoms with Crippen LogP contribution in [0.4, 0.5) is 0 Å². The normalized spacial score (nSPS) is 15.9. The zero-order valence-electron chi connectivity index (χ0n) is 10.1. The predicted molar refractivity (Wildman–Crippen MR) is 69.3 cm³/mol. The Morgan fingerprint density at radius 3 is 2.62 bits per heavy atom. The summed E-state index contributed by atoms with van der Waals surface area (Å²) in [4.78, 5) is 13.2. The summed E-state index contributed by atoms with van der Waals surface area (Å²) in [5.74, 6) is 0.0677. The van der Waals surface area contributed by atoms with Crippen molar-refractivity contribution in [3.63, 3.8) is 0 Å². The highest BCUT2D eigenvalue weighted by Gasteiger charge is 2.15. The molecule has 0 aromatic rings. The van der Waals surface area contributed by atoms with Gasteiger partial charge in [0.1, 0.15) is 0 Å². The van der Waals surface area contributed by atoms with Crippen LogP contribution < -0.4 is 10.6 Å². The lowest BCUT2D eigenvalue weighted by Crippen LogP contribution is -2.45. The molecule has 0 saturated heterocycles. The van der Waals surface area contributed by atoms with Crippen molar-refractivity contribution in [1.29, 1.82) is 0 Å². The number of hydrogen-bond donors (Lipinski definition) is 2. The molecular formula is C11H21N3OS. The molecule has 0 radical (unpaired) electrons. The van der Waals surface area contributed by atoms with Crippen molar-refractivity contribution in [2.24, 2.45) is 0 Å². The maximum Gasteiger partial charge on any atom is 0.241 e. The van der Waals surface area contributed by atoms with Gasteiger partial charge in [0.15, 0.2) is 5.11 Å². The van der Waals surface area contributed by atoms with Gasteiger partial charge in [-0.3, -0.25) is 4.79 Å². The smallest absolute Gasteiger partial charge is 0.241 e. The van der Waals surface area contributed by atoms with Crippen molar-refractivity contribution in [2.45, 2.75) is 38.6 Å². The van der Waals surface area contributed by atoms with Crippen LogP contribution in [0.5, 0.6) is 0 Å². The highest BCUT2D eigenvalue weighted by atomic mass is 32.1. The first-order valence-corrected chi connectivity index (χ1v) is 6.32. The molecule has 1 fully saturated rings. The van der Waals surface area contributed by atoms with Gasteiger partial charge >= 0.3 is 0 Å². The van der Waals surface area contributed by atoms with Crippen molar-refractivity contribution in [3.8, 4) is 0 Å². The van der Waals surface area contributed by atoms with Gasteiger partial charge in [-0.25, -0.2) is 0 Å². The number of carbonyl (C=O) groups excluding carboxylic acids is 1. The summed E-state index contributed by atoms with van der Waals surface area (Å²) in [6.45, 7) is 2.96. The van der Waals surface area contributed by atoms with Crippen molar-refractivity contribution >= 4 is 23.2 Å². The summed E-state index contributed by atoms with van der Waals surface area (Å²) in [6, 6.07) is 0.499. The second-order valence-electron chi connectivity index (χ2n) is 4.22. The number of nitrogens with one attached hydrogen (secondary N) is 2. The molecule has 0 aromatic carbocycles. The second-order valence-corrected chi connectivity index (χ2v) is 4.62. The summed E-state index contributed by atoms with van der Waals surface area (Å²) >= 11 is 5.14. The molecule has 92 valence electrons. The van der Waals surface area contributed by atoms with Crippen LogP contribution in [-0.2, 0) is 4.79 Å². The van der Waals surface area contributed by atoms with E-state index < -0.39 is 0 Å². The van der Waals surface area contributed by atoms with E-state index in [2.05, 4.69) is 10.6 Å². The molecule has 1 rings (SSSR count). The maximum absolute atomic E-state index is 11.5. The van der Waals surface area contributed by atoms with Crippen LogP contribution in [0.3, 0.4) is 0 Å². The van der Waals surface area contributed by atoms with Crippen molar-refractivity contribution in [1.82, 2.24) is 15.5 Å². The zero-order valence-corrected chi connectivity index (χ0v) is 10.9. The van der Waals surface area contributed by atoms with Gasteiger partial charge < -0.3 is 15.5 Å². The van der Waals surface area contributed by atoms with E-state index in [1.165, 1.54) is 25.7 Å². The first-order valence-electron chi connectivity index (χ1n) is 5.91. The van der Waals surface area contributed by atoms with Gasteiger partial charge in [-0.2, -0.15) is 0 Å². The van der Waals surface area contributed by atoms with E-state index >= 15 is 0 Å². The number of thiocarbonyl (C=S) groups is 1. The number of carbonyl (C=O) groups is 1. The van der Waals surface area contributed by atoms with Crippen LogP contribution in [0.2, 0.25) is 0 Å². The average Bonchev–Trinajstić information content (AvgIpc) is 2.77. The minimum absolute atomic E-state index is 0.0677. The van der Waals surface area contributed by atoms with E-state index in [0.717, 1.165) is 6.54 Å². The number of nitrogens with zero attached hydrogens (tertiary/aromatic N) is 1. The van der Waals surface area contributed by atoms with Crippen LogP contribution in [0, 0.1) is 0 Å². The van der Waals surface area contributed by atoms with Crippen LogP contribution in [0.25, 0.3) is 0 Å². The zero-order chi connectivity index (χ0) is 12.0. The van der Waals surface area contributed by atoms with Gasteiger partial charge in [-0.1, -0.05) is 12.8 Å². The van der Waals surface area contributed by atoms with Crippen LogP contribution in [0.15, 0.2) is 0 Å². The number of rotatable bonds is 4. The molecule has 1 aliphatic rings. The molecule has 5 heteroatoms. The van der Waals surface area contributed by atoms with Crippen molar-refractivity contribution in [3.05, 3.63) is 0 Å². The van der Waals surface area contributed by atoms with E-state index in [1.807, 2.05) is 6.92 Å². The fraction of sp³-hybridized carbons (Fsp3) is 0.818. The predicted octanol–water partition coefficient (Wildman–Crippen LogP) is 0.871. The third kappa shape index (κ3) is 4.35. The molecule has 1 aliphatic carbocycles. The number of amides is 1. The fourth-order valence-corrected chi connectivity index (χ4v) is 2.01. The minimum atomic E-state index is 0.0677. The molecule has 1 saturated carbocycles.